The van der Waals surface area contributed by atoms with Crippen LogP contribution in [0.25, 0.3) is 0 Å². The highest BCUT2D eigenvalue weighted by atomic mass is 32.2. The van der Waals surface area contributed by atoms with Crippen LogP contribution < -0.4 is 5.32 Å². The van der Waals surface area contributed by atoms with Crippen LogP contribution in [0.5, 0.6) is 0 Å². The zero-order valence-electron chi connectivity index (χ0n) is 11.2. The fourth-order valence-corrected chi connectivity index (χ4v) is 3.79. The molecule has 1 aromatic carbocycles. The maximum absolute atomic E-state index is 13.3. The summed E-state index contributed by atoms with van der Waals surface area (Å²) >= 11 is 0. The molecule has 1 saturated heterocycles. The van der Waals surface area contributed by atoms with Gasteiger partial charge in [0.2, 0.25) is 10.0 Å². The van der Waals surface area contributed by atoms with Gasteiger partial charge in [-0.1, -0.05) is 6.07 Å². The minimum atomic E-state index is -3.63. The van der Waals surface area contributed by atoms with Crippen LogP contribution in [-0.4, -0.2) is 38.9 Å². The maximum Gasteiger partial charge on any atom is 0.243 e. The Hall–Kier alpha value is -0.980. The van der Waals surface area contributed by atoms with Gasteiger partial charge < -0.3 is 5.32 Å². The first kappa shape index (κ1) is 14.4. The Morgan fingerprint density at radius 2 is 2.21 bits per heavy atom. The Kier molecular flexibility index (Phi) is 4.23. The van der Waals surface area contributed by atoms with Crippen molar-refractivity contribution in [2.75, 3.05) is 20.1 Å². The number of sulfonamides is 1. The lowest BCUT2D eigenvalue weighted by molar-refractivity contribution is 0.417. The van der Waals surface area contributed by atoms with Crippen molar-refractivity contribution in [3.8, 4) is 0 Å². The van der Waals surface area contributed by atoms with Gasteiger partial charge in [0.1, 0.15) is 5.82 Å². The van der Waals surface area contributed by atoms with E-state index in [0.29, 0.717) is 12.1 Å². The molecule has 6 heteroatoms. The van der Waals surface area contributed by atoms with E-state index in [1.54, 1.807) is 14.0 Å². The van der Waals surface area contributed by atoms with Gasteiger partial charge in [-0.25, -0.2) is 12.8 Å². The molecule has 1 N–H and O–H groups in total. The summed E-state index contributed by atoms with van der Waals surface area (Å²) in [6.07, 6.45) is 2.04. The summed E-state index contributed by atoms with van der Waals surface area (Å²) < 4.78 is 39.4. The predicted molar refractivity (Wildman–Crippen MR) is 72.0 cm³/mol. The minimum Gasteiger partial charge on any atom is -0.313 e. The normalized spacial score (nSPS) is 20.1. The van der Waals surface area contributed by atoms with Crippen LogP contribution in [0, 0.1) is 12.7 Å². The molecule has 0 saturated carbocycles. The summed E-state index contributed by atoms with van der Waals surface area (Å²) in [6, 6.07) is 4.04. The molecule has 1 aromatic rings. The van der Waals surface area contributed by atoms with Crippen LogP contribution >= 0.6 is 0 Å². The van der Waals surface area contributed by atoms with Gasteiger partial charge in [0, 0.05) is 19.6 Å². The predicted octanol–water partition coefficient (Wildman–Crippen LogP) is 1.51. The number of hydrogen-bond donors (Lipinski definition) is 1. The van der Waals surface area contributed by atoms with E-state index in [1.165, 1.54) is 16.4 Å². The fourth-order valence-electron chi connectivity index (χ4n) is 2.34. The van der Waals surface area contributed by atoms with Gasteiger partial charge in [0.15, 0.2) is 0 Å². The molecule has 106 valence electrons. The summed E-state index contributed by atoms with van der Waals surface area (Å²) in [4.78, 5) is 0.0491. The second kappa shape index (κ2) is 5.56. The van der Waals surface area contributed by atoms with E-state index in [9.17, 15) is 12.8 Å². The highest BCUT2D eigenvalue weighted by Gasteiger charge is 2.26. The Bertz CT molecular complexity index is 554. The second-order valence-corrected chi connectivity index (χ2v) is 7.00. The van der Waals surface area contributed by atoms with Crippen molar-refractivity contribution in [2.45, 2.75) is 30.7 Å². The maximum atomic E-state index is 13.3. The van der Waals surface area contributed by atoms with Crippen LogP contribution in [0.2, 0.25) is 0 Å². The van der Waals surface area contributed by atoms with Gasteiger partial charge in [0.05, 0.1) is 4.90 Å². The van der Waals surface area contributed by atoms with Crippen LogP contribution in [0.3, 0.4) is 0 Å². The van der Waals surface area contributed by atoms with Gasteiger partial charge in [-0.2, -0.15) is 4.31 Å². The molecule has 0 amide bonds. The molecule has 0 bridgehead atoms. The summed E-state index contributed by atoms with van der Waals surface area (Å²) in [5, 5.41) is 3.26. The number of halogens is 1. The van der Waals surface area contributed by atoms with Crippen molar-refractivity contribution in [1.29, 1.82) is 0 Å². The lowest BCUT2D eigenvalue weighted by Crippen LogP contribution is -2.38. The van der Waals surface area contributed by atoms with Crippen molar-refractivity contribution in [3.05, 3.63) is 29.6 Å². The molecule has 0 aliphatic carbocycles. The second-order valence-electron chi connectivity index (χ2n) is 4.99. The molecule has 1 aliphatic rings. The van der Waals surface area contributed by atoms with Gasteiger partial charge >= 0.3 is 0 Å². The van der Waals surface area contributed by atoms with Crippen molar-refractivity contribution >= 4 is 10.0 Å². The van der Waals surface area contributed by atoms with E-state index < -0.39 is 15.8 Å². The molecule has 0 aromatic heterocycles. The molecule has 1 aliphatic heterocycles. The van der Waals surface area contributed by atoms with Crippen molar-refractivity contribution < 1.29 is 12.8 Å². The zero-order valence-corrected chi connectivity index (χ0v) is 12.0. The first-order valence-corrected chi connectivity index (χ1v) is 7.81. The van der Waals surface area contributed by atoms with Crippen molar-refractivity contribution in [1.82, 2.24) is 9.62 Å². The number of hydrogen-bond acceptors (Lipinski definition) is 3. The van der Waals surface area contributed by atoms with Gasteiger partial charge in [-0.05, 0) is 44.0 Å². The van der Waals surface area contributed by atoms with Crippen LogP contribution in [0.15, 0.2) is 23.1 Å². The van der Waals surface area contributed by atoms with E-state index >= 15 is 0 Å². The number of nitrogens with zero attached hydrogens (tertiary/aromatic N) is 1. The third-order valence-electron chi connectivity index (χ3n) is 3.48. The third-order valence-corrected chi connectivity index (χ3v) is 5.44. The van der Waals surface area contributed by atoms with E-state index in [-0.39, 0.29) is 10.9 Å². The number of rotatable bonds is 4. The molecule has 4 nitrogen and oxygen atoms in total. The largest absolute Gasteiger partial charge is 0.313 e. The SMILES string of the molecule is Cc1ccc(F)cc1S(=O)(=O)N(C)CC1CCCN1. The number of aryl methyl sites for hydroxylation is 1. The molecule has 1 unspecified atom stereocenters. The van der Waals surface area contributed by atoms with Crippen molar-refractivity contribution in [3.63, 3.8) is 0 Å². The molecule has 0 spiro atoms. The minimum absolute atomic E-state index is 0.0491. The first-order valence-electron chi connectivity index (χ1n) is 6.37. The smallest absolute Gasteiger partial charge is 0.243 e. The molecule has 0 radical (unpaired) electrons. The van der Waals surface area contributed by atoms with E-state index in [0.717, 1.165) is 25.5 Å². The summed E-state index contributed by atoms with van der Waals surface area (Å²) in [5.74, 6) is -0.531. The average molecular weight is 286 g/mol. The van der Waals surface area contributed by atoms with E-state index in [4.69, 9.17) is 0 Å². The van der Waals surface area contributed by atoms with E-state index in [2.05, 4.69) is 5.32 Å². The van der Waals surface area contributed by atoms with Gasteiger partial charge in [-0.3, -0.25) is 0 Å². The molecule has 1 atom stereocenters. The lowest BCUT2D eigenvalue weighted by Gasteiger charge is -2.22. The van der Waals surface area contributed by atoms with E-state index in [1.807, 2.05) is 0 Å². The van der Waals surface area contributed by atoms with Crippen molar-refractivity contribution in [2.24, 2.45) is 0 Å². The molecule has 2 rings (SSSR count). The Morgan fingerprint density at radius 1 is 1.47 bits per heavy atom. The van der Waals surface area contributed by atoms with Crippen LogP contribution in [0.4, 0.5) is 4.39 Å². The molecular weight excluding hydrogens is 267 g/mol. The summed E-state index contributed by atoms with van der Waals surface area (Å²) in [6.45, 7) is 3.02. The van der Waals surface area contributed by atoms with Crippen LogP contribution in [-0.2, 0) is 10.0 Å². The monoisotopic (exact) mass is 286 g/mol. The Balaban J connectivity index is 2.22. The number of nitrogens with one attached hydrogen (secondary N) is 1. The Labute approximate surface area is 113 Å². The Morgan fingerprint density at radius 3 is 2.84 bits per heavy atom. The topological polar surface area (TPSA) is 49.4 Å². The fraction of sp³-hybridized carbons (Fsp3) is 0.538. The van der Waals surface area contributed by atoms with Gasteiger partial charge in [-0.15, -0.1) is 0 Å². The van der Waals surface area contributed by atoms with Gasteiger partial charge in [0.25, 0.3) is 0 Å². The third kappa shape index (κ3) is 3.13. The first-order chi connectivity index (χ1) is 8.91. The summed E-state index contributed by atoms with van der Waals surface area (Å²) in [7, 11) is -2.08. The highest BCUT2D eigenvalue weighted by molar-refractivity contribution is 7.89. The highest BCUT2D eigenvalue weighted by Crippen LogP contribution is 2.21. The standard InChI is InChI=1S/C13H19FN2O2S/c1-10-5-6-11(14)8-13(10)19(17,18)16(2)9-12-4-3-7-15-12/h5-6,8,12,15H,3-4,7,9H2,1-2H3. The summed E-state index contributed by atoms with van der Waals surface area (Å²) in [5.41, 5.74) is 0.563. The molecule has 1 fully saturated rings. The zero-order chi connectivity index (χ0) is 14.0. The average Bonchev–Trinajstić information content (AvgIpc) is 2.85. The number of benzene rings is 1. The lowest BCUT2D eigenvalue weighted by atomic mass is 10.2. The molecule has 1 heterocycles. The molecular formula is C13H19FN2O2S. The van der Waals surface area contributed by atoms with Crippen LogP contribution in [0.1, 0.15) is 18.4 Å². The molecule has 19 heavy (non-hydrogen) atoms. The number of likely N-dealkylation sites (N-methyl/N-ethyl adjacent to an activating group) is 1. The quantitative estimate of drug-likeness (QED) is 0.912.